The lowest BCUT2D eigenvalue weighted by atomic mass is 10.1. The van der Waals surface area contributed by atoms with Crippen molar-refractivity contribution < 1.29 is 0 Å². The van der Waals surface area contributed by atoms with Gasteiger partial charge in [-0.3, -0.25) is 0 Å². The van der Waals surface area contributed by atoms with Crippen molar-refractivity contribution in [3.8, 4) is 0 Å². The minimum Gasteiger partial charge on any atom is -0.313 e. The van der Waals surface area contributed by atoms with Gasteiger partial charge in [-0.15, -0.1) is 11.8 Å². The Balaban J connectivity index is 2.00. The highest BCUT2D eigenvalue weighted by Gasteiger charge is 2.04. The second-order valence-electron chi connectivity index (χ2n) is 4.60. The highest BCUT2D eigenvalue weighted by Crippen LogP contribution is 2.29. The summed E-state index contributed by atoms with van der Waals surface area (Å²) in [5.74, 6) is 0.882. The van der Waals surface area contributed by atoms with Gasteiger partial charge in [0.15, 0.2) is 0 Å². The van der Waals surface area contributed by atoms with Crippen LogP contribution in [0.15, 0.2) is 51.8 Å². The number of hydrogen-bond acceptors (Lipinski definition) is 2. The van der Waals surface area contributed by atoms with E-state index in [1.54, 1.807) is 11.8 Å². The Bertz CT molecular complexity index is 571. The molecule has 106 valence electrons. The fourth-order valence-corrected chi connectivity index (χ4v) is 3.54. The minimum atomic E-state index is 0.384. The predicted octanol–water partition coefficient (Wildman–Crippen LogP) is 5.68. The number of hydrogen-bond donors (Lipinski definition) is 1. The van der Waals surface area contributed by atoms with Crippen molar-refractivity contribution in [1.82, 2.24) is 5.32 Å². The first kappa shape index (κ1) is 15.9. The summed E-state index contributed by atoms with van der Waals surface area (Å²) in [6.07, 6.45) is 0. The van der Waals surface area contributed by atoms with E-state index in [0.29, 0.717) is 6.04 Å². The van der Waals surface area contributed by atoms with Crippen LogP contribution < -0.4 is 5.32 Å². The summed E-state index contributed by atoms with van der Waals surface area (Å²) in [4.78, 5) is 1.26. The molecule has 0 aromatic heterocycles. The SMILES string of the molecule is CNC(C)c1ccc(SCc2ccc(Br)cc2Cl)cc1. The molecule has 4 heteroatoms. The van der Waals surface area contributed by atoms with Gasteiger partial charge in [0.25, 0.3) is 0 Å². The third kappa shape index (κ3) is 4.26. The molecule has 0 aliphatic rings. The quantitative estimate of drug-likeness (QED) is 0.680. The van der Waals surface area contributed by atoms with Crippen molar-refractivity contribution in [2.75, 3.05) is 7.05 Å². The van der Waals surface area contributed by atoms with E-state index < -0.39 is 0 Å². The lowest BCUT2D eigenvalue weighted by Gasteiger charge is -2.11. The van der Waals surface area contributed by atoms with Crippen LogP contribution in [0.3, 0.4) is 0 Å². The number of rotatable bonds is 5. The van der Waals surface area contributed by atoms with Gasteiger partial charge in [-0.25, -0.2) is 0 Å². The molecular weight excluding hydrogens is 354 g/mol. The molecule has 2 aromatic rings. The maximum Gasteiger partial charge on any atom is 0.0457 e. The maximum absolute atomic E-state index is 6.23. The first-order chi connectivity index (χ1) is 9.60. The Morgan fingerprint density at radius 3 is 2.50 bits per heavy atom. The molecule has 0 radical (unpaired) electrons. The molecule has 2 rings (SSSR count). The average Bonchev–Trinajstić information content (AvgIpc) is 2.46. The Labute approximate surface area is 138 Å². The van der Waals surface area contributed by atoms with Gasteiger partial charge >= 0.3 is 0 Å². The van der Waals surface area contributed by atoms with Crippen molar-refractivity contribution in [1.29, 1.82) is 0 Å². The highest BCUT2D eigenvalue weighted by atomic mass is 79.9. The first-order valence-electron chi connectivity index (χ1n) is 6.44. The van der Waals surface area contributed by atoms with Crippen LogP contribution in [0.2, 0.25) is 5.02 Å². The zero-order valence-corrected chi connectivity index (χ0v) is 14.6. The van der Waals surface area contributed by atoms with Crippen LogP contribution in [-0.2, 0) is 5.75 Å². The van der Waals surface area contributed by atoms with Gasteiger partial charge in [-0.05, 0) is 49.4 Å². The van der Waals surface area contributed by atoms with Crippen LogP contribution in [0.25, 0.3) is 0 Å². The highest BCUT2D eigenvalue weighted by molar-refractivity contribution is 9.10. The molecule has 0 aliphatic heterocycles. The third-order valence-electron chi connectivity index (χ3n) is 3.22. The van der Waals surface area contributed by atoms with Crippen LogP contribution >= 0.6 is 39.3 Å². The Hall–Kier alpha value is -0.480. The van der Waals surface area contributed by atoms with E-state index in [-0.39, 0.29) is 0 Å². The van der Waals surface area contributed by atoms with Crippen molar-refractivity contribution in [3.63, 3.8) is 0 Å². The normalized spacial score (nSPS) is 12.4. The molecule has 1 nitrogen and oxygen atoms in total. The smallest absolute Gasteiger partial charge is 0.0457 e. The van der Waals surface area contributed by atoms with Crippen LogP contribution in [0.1, 0.15) is 24.1 Å². The van der Waals surface area contributed by atoms with Gasteiger partial charge in [0.1, 0.15) is 0 Å². The van der Waals surface area contributed by atoms with Gasteiger partial charge < -0.3 is 5.32 Å². The molecule has 0 bridgehead atoms. The van der Waals surface area contributed by atoms with Crippen molar-refractivity contribution in [2.45, 2.75) is 23.6 Å². The second-order valence-corrected chi connectivity index (χ2v) is 6.98. The minimum absolute atomic E-state index is 0.384. The topological polar surface area (TPSA) is 12.0 Å². The zero-order chi connectivity index (χ0) is 14.5. The van der Waals surface area contributed by atoms with Crippen LogP contribution in [0.4, 0.5) is 0 Å². The van der Waals surface area contributed by atoms with Gasteiger partial charge in [0.05, 0.1) is 0 Å². The van der Waals surface area contributed by atoms with Crippen molar-refractivity contribution >= 4 is 39.3 Å². The summed E-state index contributed by atoms with van der Waals surface area (Å²) >= 11 is 11.5. The molecule has 1 atom stereocenters. The molecule has 0 fully saturated rings. The molecule has 0 aliphatic carbocycles. The molecule has 1 unspecified atom stereocenters. The van der Waals surface area contributed by atoms with Crippen molar-refractivity contribution in [2.24, 2.45) is 0 Å². The van der Waals surface area contributed by atoms with E-state index in [2.05, 4.69) is 58.5 Å². The summed E-state index contributed by atoms with van der Waals surface area (Å²) in [7, 11) is 1.98. The summed E-state index contributed by atoms with van der Waals surface area (Å²) < 4.78 is 1.02. The molecule has 2 aromatic carbocycles. The largest absolute Gasteiger partial charge is 0.313 e. The lowest BCUT2D eigenvalue weighted by Crippen LogP contribution is -2.11. The second kappa shape index (κ2) is 7.51. The van der Waals surface area contributed by atoms with Crippen LogP contribution in [0.5, 0.6) is 0 Å². The van der Waals surface area contributed by atoms with E-state index >= 15 is 0 Å². The number of nitrogens with one attached hydrogen (secondary N) is 1. The Morgan fingerprint density at radius 1 is 1.20 bits per heavy atom. The zero-order valence-electron chi connectivity index (χ0n) is 11.5. The van der Waals surface area contributed by atoms with Crippen LogP contribution in [-0.4, -0.2) is 7.05 Å². The van der Waals surface area contributed by atoms with Gasteiger partial charge in [-0.2, -0.15) is 0 Å². The summed E-state index contributed by atoms with van der Waals surface area (Å²) in [5, 5.41) is 4.05. The molecule has 0 saturated heterocycles. The summed E-state index contributed by atoms with van der Waals surface area (Å²) in [5.41, 5.74) is 2.46. The van der Waals surface area contributed by atoms with E-state index in [0.717, 1.165) is 20.8 Å². The van der Waals surface area contributed by atoms with Crippen molar-refractivity contribution in [3.05, 3.63) is 63.1 Å². The van der Waals surface area contributed by atoms with Crippen LogP contribution in [0, 0.1) is 0 Å². The predicted molar refractivity (Wildman–Crippen MR) is 92.6 cm³/mol. The average molecular weight is 371 g/mol. The fourth-order valence-electron chi connectivity index (χ4n) is 1.82. The standard InChI is InChI=1S/C16H17BrClNS/c1-11(19-2)12-4-7-15(8-5-12)20-10-13-3-6-14(17)9-16(13)18/h3-9,11,19H,10H2,1-2H3. The van der Waals surface area contributed by atoms with E-state index in [9.17, 15) is 0 Å². The maximum atomic E-state index is 6.23. The summed E-state index contributed by atoms with van der Waals surface area (Å²) in [6, 6.07) is 15.1. The number of thioether (sulfide) groups is 1. The molecule has 0 amide bonds. The molecule has 0 saturated carbocycles. The number of halogens is 2. The molecule has 0 spiro atoms. The first-order valence-corrected chi connectivity index (χ1v) is 8.59. The molecule has 20 heavy (non-hydrogen) atoms. The third-order valence-corrected chi connectivity index (χ3v) is 5.13. The fraction of sp³-hybridized carbons (Fsp3) is 0.250. The monoisotopic (exact) mass is 369 g/mol. The Kier molecular flexibility index (Phi) is 5.97. The van der Waals surface area contributed by atoms with E-state index in [1.165, 1.54) is 10.5 Å². The molecule has 0 heterocycles. The lowest BCUT2D eigenvalue weighted by molar-refractivity contribution is 0.652. The van der Waals surface area contributed by atoms with E-state index in [4.69, 9.17) is 11.6 Å². The van der Waals surface area contributed by atoms with Gasteiger partial charge in [0.2, 0.25) is 0 Å². The Morgan fingerprint density at radius 2 is 1.90 bits per heavy atom. The van der Waals surface area contributed by atoms with Gasteiger partial charge in [0, 0.05) is 26.2 Å². The summed E-state index contributed by atoms with van der Waals surface area (Å²) in [6.45, 7) is 2.16. The number of benzene rings is 2. The molecular formula is C16H17BrClNS. The van der Waals surface area contributed by atoms with E-state index in [1.807, 2.05) is 19.2 Å². The molecule has 1 N–H and O–H groups in total. The van der Waals surface area contributed by atoms with Gasteiger partial charge in [-0.1, -0.05) is 45.7 Å².